The first-order valence-electron chi connectivity index (χ1n) is 8.17. The van der Waals surface area contributed by atoms with Gasteiger partial charge in [-0.05, 0) is 35.9 Å². The molecule has 0 aliphatic carbocycles. The standard InChI is InChI=1S/C19H16N4O4S/c1-25-17-10-13(6-7-16(17)26-9-8-20)11-21-23-18(24)12-28-19-22-14-4-2-3-5-15(14)27-19/h2-7,10-11H,9,12H2,1H3,(H,23,24)/b21-11-. The number of rotatable bonds is 8. The summed E-state index contributed by atoms with van der Waals surface area (Å²) in [7, 11) is 1.50. The van der Waals surface area contributed by atoms with Crippen LogP contribution >= 0.6 is 11.8 Å². The molecule has 9 heteroatoms. The summed E-state index contributed by atoms with van der Waals surface area (Å²) in [6.45, 7) is -0.0718. The van der Waals surface area contributed by atoms with E-state index in [9.17, 15) is 4.79 Å². The van der Waals surface area contributed by atoms with Crippen molar-refractivity contribution in [3.05, 3.63) is 48.0 Å². The minimum absolute atomic E-state index is 0.0718. The quantitative estimate of drug-likeness (QED) is 0.354. The van der Waals surface area contributed by atoms with Gasteiger partial charge in [0.25, 0.3) is 11.1 Å². The zero-order valence-electron chi connectivity index (χ0n) is 14.9. The lowest BCUT2D eigenvalue weighted by Crippen LogP contribution is -2.19. The van der Waals surface area contributed by atoms with Crippen LogP contribution in [0.4, 0.5) is 0 Å². The summed E-state index contributed by atoms with van der Waals surface area (Å²) < 4.78 is 16.0. The van der Waals surface area contributed by atoms with Gasteiger partial charge in [0.1, 0.15) is 11.6 Å². The smallest absolute Gasteiger partial charge is 0.257 e. The van der Waals surface area contributed by atoms with Crippen LogP contribution in [-0.4, -0.2) is 36.6 Å². The van der Waals surface area contributed by atoms with Crippen LogP contribution in [-0.2, 0) is 4.79 Å². The molecule has 0 atom stereocenters. The second kappa shape index (κ2) is 9.43. The SMILES string of the molecule is COc1cc(/C=N\NC(=O)CSc2nc3ccccc3o2)ccc1OCC#N. The molecule has 3 aromatic rings. The number of fused-ring (bicyclic) bond motifs is 1. The Bertz CT molecular complexity index is 1010. The van der Waals surface area contributed by atoms with E-state index in [1.165, 1.54) is 25.1 Å². The Balaban J connectivity index is 1.52. The lowest BCUT2D eigenvalue weighted by Gasteiger charge is -2.08. The van der Waals surface area contributed by atoms with Gasteiger partial charge in [-0.2, -0.15) is 10.4 Å². The third kappa shape index (κ3) is 5.02. The average molecular weight is 396 g/mol. The molecular formula is C19H16N4O4S. The number of ether oxygens (including phenoxy) is 2. The highest BCUT2D eigenvalue weighted by atomic mass is 32.2. The van der Waals surface area contributed by atoms with E-state index in [0.717, 1.165) is 5.52 Å². The summed E-state index contributed by atoms with van der Waals surface area (Å²) in [5.41, 5.74) is 4.58. The van der Waals surface area contributed by atoms with Crippen LogP contribution in [0, 0.1) is 11.3 Å². The molecule has 0 saturated heterocycles. The molecule has 3 rings (SSSR count). The van der Waals surface area contributed by atoms with E-state index in [4.69, 9.17) is 19.2 Å². The van der Waals surface area contributed by atoms with Crippen molar-refractivity contribution in [2.75, 3.05) is 19.5 Å². The Morgan fingerprint density at radius 1 is 1.36 bits per heavy atom. The van der Waals surface area contributed by atoms with Crippen molar-refractivity contribution in [1.29, 1.82) is 5.26 Å². The fourth-order valence-corrected chi connectivity index (χ4v) is 2.88. The number of nitriles is 1. The highest BCUT2D eigenvalue weighted by Gasteiger charge is 2.09. The van der Waals surface area contributed by atoms with Gasteiger partial charge < -0.3 is 13.9 Å². The Morgan fingerprint density at radius 3 is 3.00 bits per heavy atom. The molecule has 0 radical (unpaired) electrons. The number of carbonyl (C=O) groups excluding carboxylic acids is 1. The number of nitrogens with zero attached hydrogens (tertiary/aromatic N) is 3. The number of hydrogen-bond acceptors (Lipinski definition) is 8. The van der Waals surface area contributed by atoms with Gasteiger partial charge in [-0.1, -0.05) is 23.9 Å². The predicted octanol–water partition coefficient (Wildman–Crippen LogP) is 2.98. The maximum Gasteiger partial charge on any atom is 0.257 e. The van der Waals surface area contributed by atoms with Gasteiger partial charge in [-0.3, -0.25) is 4.79 Å². The van der Waals surface area contributed by atoms with E-state index < -0.39 is 0 Å². The number of thioether (sulfide) groups is 1. The highest BCUT2D eigenvalue weighted by Crippen LogP contribution is 2.27. The number of oxazole rings is 1. The van der Waals surface area contributed by atoms with Crippen LogP contribution in [0.25, 0.3) is 11.1 Å². The van der Waals surface area contributed by atoms with Crippen molar-refractivity contribution in [3.8, 4) is 17.6 Å². The van der Waals surface area contributed by atoms with E-state index in [0.29, 0.717) is 27.9 Å². The number of carbonyl (C=O) groups is 1. The molecular weight excluding hydrogens is 380 g/mol. The number of benzene rings is 2. The topological polar surface area (TPSA) is 110 Å². The van der Waals surface area contributed by atoms with E-state index >= 15 is 0 Å². The normalized spacial score (nSPS) is 10.7. The molecule has 0 aliphatic heterocycles. The highest BCUT2D eigenvalue weighted by molar-refractivity contribution is 7.99. The largest absolute Gasteiger partial charge is 0.493 e. The molecule has 28 heavy (non-hydrogen) atoms. The Labute approximate surface area is 165 Å². The number of hydrogen-bond donors (Lipinski definition) is 1. The molecule has 0 bridgehead atoms. The number of amides is 1. The van der Waals surface area contributed by atoms with Gasteiger partial charge in [-0.25, -0.2) is 10.4 Å². The van der Waals surface area contributed by atoms with Crippen molar-refractivity contribution in [2.24, 2.45) is 5.10 Å². The summed E-state index contributed by atoms with van der Waals surface area (Å²) in [4.78, 5) is 16.2. The van der Waals surface area contributed by atoms with Crippen molar-refractivity contribution in [3.63, 3.8) is 0 Å². The van der Waals surface area contributed by atoms with E-state index in [2.05, 4.69) is 15.5 Å². The van der Waals surface area contributed by atoms with Gasteiger partial charge >= 0.3 is 0 Å². The Morgan fingerprint density at radius 2 is 2.21 bits per heavy atom. The molecule has 142 valence electrons. The van der Waals surface area contributed by atoms with Crippen LogP contribution < -0.4 is 14.9 Å². The third-order valence-corrected chi connectivity index (χ3v) is 4.31. The number of methoxy groups -OCH3 is 1. The zero-order chi connectivity index (χ0) is 19.8. The first-order chi connectivity index (χ1) is 13.7. The Hall–Kier alpha value is -3.51. The molecule has 0 fully saturated rings. The van der Waals surface area contributed by atoms with Gasteiger partial charge in [0.2, 0.25) is 0 Å². The first kappa shape index (κ1) is 19.3. The third-order valence-electron chi connectivity index (χ3n) is 3.48. The fourth-order valence-electron chi connectivity index (χ4n) is 2.24. The molecule has 1 N–H and O–H groups in total. The van der Waals surface area contributed by atoms with Gasteiger partial charge in [0.05, 0.1) is 19.1 Å². The van der Waals surface area contributed by atoms with Crippen molar-refractivity contribution in [1.82, 2.24) is 10.4 Å². The fraction of sp³-hybridized carbons (Fsp3) is 0.158. The molecule has 0 unspecified atom stereocenters. The van der Waals surface area contributed by atoms with Gasteiger partial charge in [0, 0.05) is 0 Å². The van der Waals surface area contributed by atoms with E-state index in [1.54, 1.807) is 18.2 Å². The van der Waals surface area contributed by atoms with Crippen molar-refractivity contribution in [2.45, 2.75) is 5.22 Å². The zero-order valence-corrected chi connectivity index (χ0v) is 15.7. The Kier molecular flexibility index (Phi) is 6.49. The molecule has 0 spiro atoms. The summed E-state index contributed by atoms with van der Waals surface area (Å²) in [5.74, 6) is 0.760. The molecule has 2 aromatic carbocycles. The van der Waals surface area contributed by atoms with Crippen LogP contribution in [0.2, 0.25) is 0 Å². The summed E-state index contributed by atoms with van der Waals surface area (Å²) in [6, 6.07) is 14.4. The molecule has 0 aliphatic rings. The number of hydrazone groups is 1. The lowest BCUT2D eigenvalue weighted by molar-refractivity contribution is -0.118. The molecule has 0 saturated carbocycles. The number of aromatic nitrogens is 1. The molecule has 1 amide bonds. The van der Waals surface area contributed by atoms with E-state index in [-0.39, 0.29) is 18.3 Å². The van der Waals surface area contributed by atoms with Crippen LogP contribution in [0.5, 0.6) is 11.5 Å². The minimum Gasteiger partial charge on any atom is -0.493 e. The van der Waals surface area contributed by atoms with Crippen LogP contribution in [0.3, 0.4) is 0 Å². The average Bonchev–Trinajstić information content (AvgIpc) is 3.14. The number of nitrogens with one attached hydrogen (secondary N) is 1. The first-order valence-corrected chi connectivity index (χ1v) is 9.16. The predicted molar refractivity (Wildman–Crippen MR) is 105 cm³/mol. The van der Waals surface area contributed by atoms with E-state index in [1.807, 2.05) is 30.3 Å². The van der Waals surface area contributed by atoms with Crippen molar-refractivity contribution < 1.29 is 18.7 Å². The number of para-hydroxylation sites is 2. The molecule has 1 heterocycles. The van der Waals surface area contributed by atoms with Crippen LogP contribution in [0.15, 0.2) is 57.2 Å². The van der Waals surface area contributed by atoms with Crippen LogP contribution in [0.1, 0.15) is 5.56 Å². The molecule has 1 aromatic heterocycles. The maximum atomic E-state index is 11.9. The second-order valence-electron chi connectivity index (χ2n) is 5.39. The summed E-state index contributed by atoms with van der Waals surface area (Å²) in [6.07, 6.45) is 1.48. The lowest BCUT2D eigenvalue weighted by atomic mass is 10.2. The monoisotopic (exact) mass is 396 g/mol. The van der Waals surface area contributed by atoms with Gasteiger partial charge in [0.15, 0.2) is 23.7 Å². The molecule has 8 nitrogen and oxygen atoms in total. The second-order valence-corrected chi connectivity index (χ2v) is 6.31. The maximum absolute atomic E-state index is 11.9. The summed E-state index contributed by atoms with van der Waals surface area (Å²) in [5, 5.41) is 12.9. The van der Waals surface area contributed by atoms with Crippen molar-refractivity contribution >= 4 is 35.0 Å². The summed E-state index contributed by atoms with van der Waals surface area (Å²) >= 11 is 1.19. The van der Waals surface area contributed by atoms with Gasteiger partial charge in [-0.15, -0.1) is 0 Å². The minimum atomic E-state index is -0.288.